The first-order valence-electron chi connectivity index (χ1n) is 16.8. The zero-order valence-electron chi connectivity index (χ0n) is 29.5. The molecule has 0 aliphatic heterocycles. The molecule has 1 heterocycles. The van der Waals surface area contributed by atoms with E-state index >= 15 is 0 Å². The molecule has 48 heavy (non-hydrogen) atoms. The van der Waals surface area contributed by atoms with Crippen LogP contribution >= 0.6 is 11.3 Å². The normalized spacial score (nSPS) is 13.4. The molecule has 2 heteroatoms. The third-order valence-corrected chi connectivity index (χ3v) is 9.68. The summed E-state index contributed by atoms with van der Waals surface area (Å²) in [5, 5.41) is 1.34. The molecule has 4 rings (SSSR count). The van der Waals surface area contributed by atoms with E-state index in [1.54, 1.807) is 0 Å². The number of hydrogen-bond donors (Lipinski definition) is 0. The summed E-state index contributed by atoms with van der Waals surface area (Å²) in [6, 6.07) is 24.5. The molecule has 0 N–H and O–H groups in total. The average Bonchev–Trinajstić information content (AvgIpc) is 3.41. The standard InChI is InChI=1S/C46H49NS/c1-9-15-23-36(13-5)37(21-11-3)24-19-31-47(39-25-17-16-18-26-39)40-29-27-38(28-30-40)43-33-46-42(35(8)45(48-46)22-12-4)32-44(43)41(14-6)34(7)20-10-2/h9-13,15-30,32-33H,3,5,14,31H2,1-2,4,6-8H3/b15-9-,20-10-,22-12-,24-19-,36-23+,37-21+,41-34+. The maximum atomic E-state index is 4.03. The van der Waals surface area contributed by atoms with E-state index in [0.29, 0.717) is 6.54 Å². The van der Waals surface area contributed by atoms with Gasteiger partial charge in [-0.1, -0.05) is 117 Å². The van der Waals surface area contributed by atoms with Crippen LogP contribution in [0.15, 0.2) is 163 Å². The molecule has 4 aromatic rings. The molecule has 0 spiro atoms. The summed E-state index contributed by atoms with van der Waals surface area (Å²) in [5.74, 6) is 0. The van der Waals surface area contributed by atoms with Gasteiger partial charge < -0.3 is 4.90 Å². The third-order valence-electron chi connectivity index (χ3n) is 8.46. The van der Waals surface area contributed by atoms with Gasteiger partial charge in [-0.3, -0.25) is 0 Å². The van der Waals surface area contributed by atoms with Crippen molar-refractivity contribution in [3.05, 3.63) is 179 Å². The van der Waals surface area contributed by atoms with Gasteiger partial charge in [0.15, 0.2) is 0 Å². The maximum Gasteiger partial charge on any atom is 0.0415 e. The molecule has 1 aromatic heterocycles. The smallest absolute Gasteiger partial charge is 0.0415 e. The van der Waals surface area contributed by atoms with E-state index in [1.165, 1.54) is 48.4 Å². The van der Waals surface area contributed by atoms with Crippen molar-refractivity contribution in [2.24, 2.45) is 0 Å². The summed E-state index contributed by atoms with van der Waals surface area (Å²) in [6.07, 6.45) is 25.9. The first-order valence-corrected chi connectivity index (χ1v) is 17.6. The Morgan fingerprint density at radius 1 is 0.833 bits per heavy atom. The van der Waals surface area contributed by atoms with Gasteiger partial charge in [-0.2, -0.15) is 0 Å². The zero-order chi connectivity index (χ0) is 34.5. The number of benzene rings is 3. The van der Waals surface area contributed by atoms with Gasteiger partial charge in [0.05, 0.1) is 0 Å². The number of aryl methyl sites for hydroxylation is 1. The van der Waals surface area contributed by atoms with E-state index in [-0.39, 0.29) is 0 Å². The van der Waals surface area contributed by atoms with Crippen molar-refractivity contribution in [2.45, 2.75) is 48.0 Å². The van der Waals surface area contributed by atoms with Gasteiger partial charge in [0.25, 0.3) is 0 Å². The summed E-state index contributed by atoms with van der Waals surface area (Å²) in [5.41, 5.74) is 12.3. The maximum absolute atomic E-state index is 4.03. The number of rotatable bonds is 14. The van der Waals surface area contributed by atoms with Crippen LogP contribution in [0.1, 0.15) is 57.0 Å². The summed E-state index contributed by atoms with van der Waals surface area (Å²) in [4.78, 5) is 3.67. The minimum absolute atomic E-state index is 0.705. The second kappa shape index (κ2) is 17.8. The van der Waals surface area contributed by atoms with Crippen molar-refractivity contribution in [1.82, 2.24) is 0 Å². The molecule has 0 saturated heterocycles. The quantitative estimate of drug-likeness (QED) is 0.123. The fraction of sp³-hybridized carbons (Fsp3) is 0.174. The van der Waals surface area contributed by atoms with E-state index in [4.69, 9.17) is 0 Å². The number of anilines is 2. The van der Waals surface area contributed by atoms with Crippen LogP contribution in [0.2, 0.25) is 0 Å². The molecule has 0 atom stereocenters. The molecular weight excluding hydrogens is 599 g/mol. The van der Waals surface area contributed by atoms with E-state index in [9.17, 15) is 0 Å². The van der Waals surface area contributed by atoms with Crippen molar-refractivity contribution >= 4 is 44.4 Å². The highest BCUT2D eigenvalue weighted by Crippen LogP contribution is 2.41. The largest absolute Gasteiger partial charge is 0.338 e. The van der Waals surface area contributed by atoms with Crippen LogP contribution in [0.25, 0.3) is 32.9 Å². The van der Waals surface area contributed by atoms with Crippen molar-refractivity contribution in [2.75, 3.05) is 11.4 Å². The fourth-order valence-electron chi connectivity index (χ4n) is 6.05. The summed E-state index contributed by atoms with van der Waals surface area (Å²) in [6.45, 7) is 21.6. The van der Waals surface area contributed by atoms with Gasteiger partial charge in [-0.15, -0.1) is 11.3 Å². The Morgan fingerprint density at radius 3 is 2.19 bits per heavy atom. The number of thiophene rings is 1. The second-order valence-electron chi connectivity index (χ2n) is 11.6. The first-order chi connectivity index (χ1) is 23.4. The highest BCUT2D eigenvalue weighted by molar-refractivity contribution is 7.20. The van der Waals surface area contributed by atoms with E-state index < -0.39 is 0 Å². The Balaban J connectivity index is 1.81. The Hall–Kier alpha value is -4.92. The Kier molecular flexibility index (Phi) is 13.4. The SMILES string of the molecule is C=C/C=C(\C=C/CN(c1ccccc1)c1ccc(-c2cc3sc(/C=C\C)c(C)c3cc2/C(CC)=C(C)/C=C\C)cc1)C(/C=C)=C/C=C\C. The van der Waals surface area contributed by atoms with Crippen molar-refractivity contribution in [3.8, 4) is 11.1 Å². The van der Waals surface area contributed by atoms with Crippen LogP contribution in [0.3, 0.4) is 0 Å². The molecule has 0 aliphatic rings. The van der Waals surface area contributed by atoms with Crippen molar-refractivity contribution in [1.29, 1.82) is 0 Å². The lowest BCUT2D eigenvalue weighted by Gasteiger charge is -2.24. The molecule has 0 fully saturated rings. The second-order valence-corrected chi connectivity index (χ2v) is 12.7. The van der Waals surface area contributed by atoms with Gasteiger partial charge in [0.2, 0.25) is 0 Å². The zero-order valence-corrected chi connectivity index (χ0v) is 30.3. The molecule has 244 valence electrons. The Morgan fingerprint density at radius 2 is 1.56 bits per heavy atom. The highest BCUT2D eigenvalue weighted by Gasteiger charge is 2.17. The molecule has 0 unspecified atom stereocenters. The molecule has 0 bridgehead atoms. The Bertz CT molecular complexity index is 1930. The fourth-order valence-corrected chi connectivity index (χ4v) is 7.25. The summed E-state index contributed by atoms with van der Waals surface area (Å²) < 4.78 is 1.32. The van der Waals surface area contributed by atoms with Gasteiger partial charge in [0.1, 0.15) is 0 Å². The predicted octanol–water partition coefficient (Wildman–Crippen LogP) is 14.2. The monoisotopic (exact) mass is 647 g/mol. The van der Waals surface area contributed by atoms with Crippen LogP contribution in [0.4, 0.5) is 11.4 Å². The van der Waals surface area contributed by atoms with Crippen LogP contribution in [0, 0.1) is 6.92 Å². The minimum atomic E-state index is 0.705. The molecular formula is C46H49NS. The number of nitrogens with zero attached hydrogens (tertiary/aromatic N) is 1. The van der Waals surface area contributed by atoms with Gasteiger partial charge >= 0.3 is 0 Å². The summed E-state index contributed by atoms with van der Waals surface area (Å²) >= 11 is 1.87. The van der Waals surface area contributed by atoms with Gasteiger partial charge in [-0.25, -0.2) is 0 Å². The van der Waals surface area contributed by atoms with Crippen molar-refractivity contribution < 1.29 is 0 Å². The molecule has 0 amide bonds. The van der Waals surface area contributed by atoms with Crippen LogP contribution in [-0.2, 0) is 0 Å². The molecule has 0 radical (unpaired) electrons. The van der Waals surface area contributed by atoms with Crippen LogP contribution < -0.4 is 4.90 Å². The van der Waals surface area contributed by atoms with Crippen LogP contribution in [-0.4, -0.2) is 6.54 Å². The average molecular weight is 648 g/mol. The number of para-hydroxylation sites is 1. The molecule has 3 aromatic carbocycles. The molecule has 0 aliphatic carbocycles. The van der Waals surface area contributed by atoms with Crippen LogP contribution in [0.5, 0.6) is 0 Å². The summed E-state index contributed by atoms with van der Waals surface area (Å²) in [7, 11) is 0. The Labute approximate surface area is 293 Å². The van der Waals surface area contributed by atoms with Gasteiger partial charge in [-0.05, 0) is 133 Å². The molecule has 0 saturated carbocycles. The highest BCUT2D eigenvalue weighted by atomic mass is 32.1. The van der Waals surface area contributed by atoms with Crippen molar-refractivity contribution in [3.63, 3.8) is 0 Å². The lowest BCUT2D eigenvalue weighted by atomic mass is 9.89. The number of hydrogen-bond acceptors (Lipinski definition) is 2. The topological polar surface area (TPSA) is 3.24 Å². The van der Waals surface area contributed by atoms with E-state index in [0.717, 1.165) is 28.9 Å². The number of allylic oxidation sites excluding steroid dienone is 14. The van der Waals surface area contributed by atoms with Gasteiger partial charge in [0, 0.05) is 27.5 Å². The number of fused-ring (bicyclic) bond motifs is 1. The third kappa shape index (κ3) is 8.51. The lowest BCUT2D eigenvalue weighted by molar-refractivity contribution is 1.09. The van der Waals surface area contributed by atoms with E-state index in [1.807, 2.05) is 48.6 Å². The minimum Gasteiger partial charge on any atom is -0.338 e. The first kappa shape index (κ1) is 35.9. The lowest BCUT2D eigenvalue weighted by Crippen LogP contribution is -2.16. The molecule has 1 nitrogen and oxygen atoms in total. The van der Waals surface area contributed by atoms with E-state index in [2.05, 4.69) is 162 Å². The predicted molar refractivity (Wildman–Crippen MR) is 218 cm³/mol.